The quantitative estimate of drug-likeness (QED) is 0.901. The van der Waals surface area contributed by atoms with E-state index in [0.717, 1.165) is 5.56 Å². The van der Waals surface area contributed by atoms with Crippen LogP contribution in [0.1, 0.15) is 22.8 Å². The molecule has 0 bridgehead atoms. The molecule has 1 fully saturated rings. The van der Waals surface area contributed by atoms with Crippen molar-refractivity contribution in [1.29, 1.82) is 0 Å². The Morgan fingerprint density at radius 1 is 1.53 bits per heavy atom. The molecule has 2 unspecified atom stereocenters. The molecule has 0 spiro atoms. The predicted octanol–water partition coefficient (Wildman–Crippen LogP) is 1.87. The lowest BCUT2D eigenvalue weighted by Gasteiger charge is -2.36. The van der Waals surface area contributed by atoms with Crippen LogP contribution in [0.5, 0.6) is 0 Å². The fraction of sp³-hybridized carbons (Fsp3) is 0.500. The molecule has 1 amide bonds. The van der Waals surface area contributed by atoms with Crippen molar-refractivity contribution in [2.24, 2.45) is 0 Å². The number of hydrogen-bond acceptors (Lipinski definition) is 3. The normalized spacial score (nSPS) is 23.5. The fourth-order valence-corrected chi connectivity index (χ4v) is 2.39. The maximum absolute atomic E-state index is 12.4. The van der Waals surface area contributed by atoms with Crippen molar-refractivity contribution in [3.8, 4) is 0 Å². The van der Waals surface area contributed by atoms with E-state index in [-0.39, 0.29) is 24.7 Å². The van der Waals surface area contributed by atoms with Crippen LogP contribution in [0.4, 0.5) is 0 Å². The first-order valence-electron chi connectivity index (χ1n) is 6.33. The number of ether oxygens (including phenoxy) is 1. The van der Waals surface area contributed by atoms with Crippen LogP contribution in [0.3, 0.4) is 0 Å². The first-order valence-corrected chi connectivity index (χ1v) is 6.70. The Hall–Kier alpha value is -1.10. The zero-order chi connectivity index (χ0) is 14.0. The Morgan fingerprint density at radius 2 is 2.26 bits per heavy atom. The Morgan fingerprint density at radius 3 is 2.89 bits per heavy atom. The van der Waals surface area contributed by atoms with E-state index in [4.69, 9.17) is 16.3 Å². The molecule has 2 rings (SSSR count). The molecular weight excluding hydrogens is 266 g/mol. The van der Waals surface area contributed by atoms with Gasteiger partial charge in [0.05, 0.1) is 18.8 Å². The molecule has 1 aliphatic rings. The van der Waals surface area contributed by atoms with Gasteiger partial charge in [-0.1, -0.05) is 11.6 Å². The van der Waals surface area contributed by atoms with Gasteiger partial charge in [0.25, 0.3) is 5.91 Å². The van der Waals surface area contributed by atoms with E-state index in [1.54, 1.807) is 23.1 Å². The largest absolute Gasteiger partial charge is 0.394 e. The lowest BCUT2D eigenvalue weighted by molar-refractivity contribution is -0.0858. The van der Waals surface area contributed by atoms with Crippen molar-refractivity contribution < 1.29 is 14.6 Å². The summed E-state index contributed by atoms with van der Waals surface area (Å²) in [5.74, 6) is -0.0478. The third kappa shape index (κ3) is 3.26. The minimum atomic E-state index is -0.305. The smallest absolute Gasteiger partial charge is 0.254 e. The summed E-state index contributed by atoms with van der Waals surface area (Å²) in [7, 11) is 0. The molecule has 5 heteroatoms. The number of aliphatic hydroxyl groups is 1. The van der Waals surface area contributed by atoms with Gasteiger partial charge in [-0.3, -0.25) is 4.79 Å². The number of aryl methyl sites for hydroxylation is 1. The molecule has 104 valence electrons. The second kappa shape index (κ2) is 5.90. The van der Waals surface area contributed by atoms with Crippen LogP contribution in [0.15, 0.2) is 18.2 Å². The van der Waals surface area contributed by atoms with Crippen LogP contribution in [0, 0.1) is 6.92 Å². The molecule has 1 aromatic carbocycles. The lowest BCUT2D eigenvalue weighted by atomic mass is 10.1. The zero-order valence-electron chi connectivity index (χ0n) is 11.1. The second-order valence-corrected chi connectivity index (χ2v) is 5.33. The molecule has 1 N–H and O–H groups in total. The van der Waals surface area contributed by atoms with Crippen molar-refractivity contribution in [3.05, 3.63) is 34.3 Å². The summed E-state index contributed by atoms with van der Waals surface area (Å²) in [6.07, 6.45) is -0.371. The standard InChI is InChI=1S/C14H18ClNO3/c1-9-5-11(3-4-13(9)15)14(18)16-6-10(2)19-12(7-16)8-17/h3-5,10,12,17H,6-8H2,1-2H3. The monoisotopic (exact) mass is 283 g/mol. The summed E-state index contributed by atoms with van der Waals surface area (Å²) in [5.41, 5.74) is 1.50. The van der Waals surface area contributed by atoms with Gasteiger partial charge in [-0.25, -0.2) is 0 Å². The SMILES string of the molecule is Cc1cc(C(=O)N2CC(C)OC(CO)C2)ccc1Cl. The van der Waals surface area contributed by atoms with Crippen molar-refractivity contribution in [3.63, 3.8) is 0 Å². The van der Waals surface area contributed by atoms with E-state index in [0.29, 0.717) is 23.7 Å². The third-order valence-electron chi connectivity index (χ3n) is 3.22. The minimum Gasteiger partial charge on any atom is -0.394 e. The number of morpholine rings is 1. The van der Waals surface area contributed by atoms with Gasteiger partial charge in [-0.05, 0) is 37.6 Å². The van der Waals surface area contributed by atoms with Crippen LogP contribution >= 0.6 is 11.6 Å². The zero-order valence-corrected chi connectivity index (χ0v) is 11.9. The van der Waals surface area contributed by atoms with Gasteiger partial charge in [-0.15, -0.1) is 0 Å². The van der Waals surface area contributed by atoms with Gasteiger partial charge in [0.2, 0.25) is 0 Å². The van der Waals surface area contributed by atoms with Crippen molar-refractivity contribution in [2.45, 2.75) is 26.1 Å². The number of benzene rings is 1. The molecule has 0 aromatic heterocycles. The summed E-state index contributed by atoms with van der Waals surface area (Å²) in [4.78, 5) is 14.1. The molecule has 19 heavy (non-hydrogen) atoms. The molecule has 0 radical (unpaired) electrons. The number of amides is 1. The number of rotatable bonds is 2. The number of aliphatic hydroxyl groups excluding tert-OH is 1. The average Bonchev–Trinajstić information content (AvgIpc) is 2.40. The summed E-state index contributed by atoms with van der Waals surface area (Å²) >= 11 is 5.96. The molecule has 2 atom stereocenters. The van der Waals surface area contributed by atoms with Gasteiger partial charge in [0.1, 0.15) is 0 Å². The lowest BCUT2D eigenvalue weighted by Crippen LogP contribution is -2.50. The van der Waals surface area contributed by atoms with E-state index in [9.17, 15) is 9.90 Å². The number of carbonyl (C=O) groups excluding carboxylic acids is 1. The molecule has 1 aromatic rings. The second-order valence-electron chi connectivity index (χ2n) is 4.93. The highest BCUT2D eigenvalue weighted by atomic mass is 35.5. The maximum atomic E-state index is 12.4. The van der Waals surface area contributed by atoms with Gasteiger partial charge in [0, 0.05) is 23.7 Å². The Balaban J connectivity index is 2.16. The van der Waals surface area contributed by atoms with E-state index in [2.05, 4.69) is 0 Å². The minimum absolute atomic E-state index is 0.0478. The number of halogens is 1. The van der Waals surface area contributed by atoms with Crippen LogP contribution in [-0.2, 0) is 4.74 Å². The Labute approximate surface area is 117 Å². The number of nitrogens with zero attached hydrogens (tertiary/aromatic N) is 1. The topological polar surface area (TPSA) is 49.8 Å². The van der Waals surface area contributed by atoms with Gasteiger partial charge in [-0.2, -0.15) is 0 Å². The predicted molar refractivity (Wildman–Crippen MR) is 73.5 cm³/mol. The third-order valence-corrected chi connectivity index (χ3v) is 3.65. The van der Waals surface area contributed by atoms with E-state index < -0.39 is 0 Å². The van der Waals surface area contributed by atoms with Crippen LogP contribution in [0.25, 0.3) is 0 Å². The van der Waals surface area contributed by atoms with Crippen LogP contribution < -0.4 is 0 Å². The molecular formula is C14H18ClNO3. The number of carbonyl (C=O) groups is 1. The summed E-state index contributed by atoms with van der Waals surface area (Å²) < 4.78 is 5.53. The summed E-state index contributed by atoms with van der Waals surface area (Å²) in [6.45, 7) is 4.65. The average molecular weight is 284 g/mol. The first-order chi connectivity index (χ1) is 9.01. The molecule has 0 aliphatic carbocycles. The molecule has 1 heterocycles. The van der Waals surface area contributed by atoms with Gasteiger partial charge < -0.3 is 14.7 Å². The summed E-state index contributed by atoms with van der Waals surface area (Å²) in [6, 6.07) is 5.25. The Bertz CT molecular complexity index is 478. The van der Waals surface area contributed by atoms with Crippen molar-refractivity contribution >= 4 is 17.5 Å². The molecule has 1 aliphatic heterocycles. The highest BCUT2D eigenvalue weighted by Gasteiger charge is 2.28. The molecule has 4 nitrogen and oxygen atoms in total. The van der Waals surface area contributed by atoms with Crippen LogP contribution in [-0.4, -0.2) is 47.8 Å². The highest BCUT2D eigenvalue weighted by molar-refractivity contribution is 6.31. The highest BCUT2D eigenvalue weighted by Crippen LogP contribution is 2.19. The first kappa shape index (κ1) is 14.3. The molecule has 1 saturated heterocycles. The van der Waals surface area contributed by atoms with E-state index in [1.807, 2.05) is 13.8 Å². The molecule has 0 saturated carbocycles. The van der Waals surface area contributed by atoms with Gasteiger partial charge >= 0.3 is 0 Å². The van der Waals surface area contributed by atoms with E-state index in [1.165, 1.54) is 0 Å². The number of hydrogen-bond donors (Lipinski definition) is 1. The summed E-state index contributed by atoms with van der Waals surface area (Å²) in [5, 5.41) is 9.83. The van der Waals surface area contributed by atoms with Crippen LogP contribution in [0.2, 0.25) is 5.02 Å². The Kier molecular flexibility index (Phi) is 4.45. The van der Waals surface area contributed by atoms with Crippen molar-refractivity contribution in [1.82, 2.24) is 4.90 Å². The fourth-order valence-electron chi connectivity index (χ4n) is 2.27. The van der Waals surface area contributed by atoms with Gasteiger partial charge in [0.15, 0.2) is 0 Å². The van der Waals surface area contributed by atoms with Crippen molar-refractivity contribution in [2.75, 3.05) is 19.7 Å². The van der Waals surface area contributed by atoms with E-state index >= 15 is 0 Å². The maximum Gasteiger partial charge on any atom is 0.254 e.